The number of allylic oxidation sites excluding steroid dienone is 1. The van der Waals surface area contributed by atoms with Crippen LogP contribution in [0.3, 0.4) is 0 Å². The van der Waals surface area contributed by atoms with E-state index in [9.17, 15) is 14.4 Å². The largest absolute Gasteiger partial charge is 0.493 e. The van der Waals surface area contributed by atoms with Gasteiger partial charge in [0.2, 0.25) is 0 Å². The summed E-state index contributed by atoms with van der Waals surface area (Å²) >= 11 is 1.18. The van der Waals surface area contributed by atoms with Crippen LogP contribution in [0.2, 0.25) is 0 Å². The molecule has 4 rings (SSSR count). The van der Waals surface area contributed by atoms with Crippen molar-refractivity contribution in [2.75, 3.05) is 20.8 Å². The molecule has 37 heavy (non-hydrogen) atoms. The summed E-state index contributed by atoms with van der Waals surface area (Å²) in [6.07, 6.45) is 1.65. The first kappa shape index (κ1) is 25.9. The van der Waals surface area contributed by atoms with Gasteiger partial charge in [0.25, 0.3) is 5.56 Å². The van der Waals surface area contributed by atoms with E-state index in [4.69, 9.17) is 18.9 Å². The van der Waals surface area contributed by atoms with Gasteiger partial charge in [-0.15, -0.1) is 0 Å². The van der Waals surface area contributed by atoms with E-state index < -0.39 is 18.0 Å². The summed E-state index contributed by atoms with van der Waals surface area (Å²) in [4.78, 5) is 43.4. The number of aromatic nitrogens is 1. The Kier molecular flexibility index (Phi) is 7.58. The molecule has 1 aromatic heterocycles. The molecule has 1 aliphatic rings. The zero-order valence-corrected chi connectivity index (χ0v) is 21.9. The van der Waals surface area contributed by atoms with Crippen molar-refractivity contribution in [2.45, 2.75) is 26.8 Å². The van der Waals surface area contributed by atoms with Gasteiger partial charge in [-0.05, 0) is 43.7 Å². The number of rotatable bonds is 7. The highest BCUT2D eigenvalue weighted by Crippen LogP contribution is 2.36. The third-order valence-electron chi connectivity index (χ3n) is 5.70. The highest BCUT2D eigenvalue weighted by molar-refractivity contribution is 7.07. The van der Waals surface area contributed by atoms with Gasteiger partial charge in [-0.2, -0.15) is 0 Å². The average molecular weight is 523 g/mol. The Hall–Kier alpha value is -4.18. The van der Waals surface area contributed by atoms with Crippen LogP contribution < -0.4 is 29.1 Å². The van der Waals surface area contributed by atoms with E-state index in [1.807, 2.05) is 0 Å². The van der Waals surface area contributed by atoms with Gasteiger partial charge in [-0.1, -0.05) is 35.6 Å². The van der Waals surface area contributed by atoms with Gasteiger partial charge in [0.05, 0.1) is 42.7 Å². The summed E-state index contributed by atoms with van der Waals surface area (Å²) in [5, 5.41) is 0. The second-order valence-electron chi connectivity index (χ2n) is 8.05. The molecule has 192 valence electrons. The van der Waals surface area contributed by atoms with E-state index in [0.717, 1.165) is 0 Å². The van der Waals surface area contributed by atoms with Crippen LogP contribution in [0, 0.1) is 0 Å². The maximum Gasteiger partial charge on any atom is 0.338 e. The molecule has 9 nitrogen and oxygen atoms in total. The van der Waals surface area contributed by atoms with E-state index in [2.05, 4.69) is 4.99 Å². The van der Waals surface area contributed by atoms with Crippen molar-refractivity contribution in [2.24, 2.45) is 4.99 Å². The molecule has 2 heterocycles. The number of thiazole rings is 1. The molecule has 0 saturated carbocycles. The first-order valence-corrected chi connectivity index (χ1v) is 12.3. The Morgan fingerprint density at radius 2 is 1.81 bits per heavy atom. The third kappa shape index (κ3) is 5.05. The average Bonchev–Trinajstić information content (AvgIpc) is 3.17. The van der Waals surface area contributed by atoms with Crippen LogP contribution >= 0.6 is 11.3 Å². The van der Waals surface area contributed by atoms with Crippen LogP contribution in [-0.2, 0) is 14.3 Å². The molecule has 2 aromatic carbocycles. The zero-order valence-electron chi connectivity index (χ0n) is 21.1. The smallest absolute Gasteiger partial charge is 0.338 e. The fourth-order valence-electron chi connectivity index (χ4n) is 4.12. The SMILES string of the molecule is CCOC(=O)C1=C(C)N=c2s/c(=C/c3ccccc3OC(C)=O)c(=O)n2C1c1ccc(OC)c(OC)c1. The Balaban J connectivity index is 1.96. The normalized spacial score (nSPS) is 15.1. The monoisotopic (exact) mass is 522 g/mol. The second kappa shape index (κ2) is 10.8. The van der Waals surface area contributed by atoms with E-state index in [1.54, 1.807) is 62.4 Å². The van der Waals surface area contributed by atoms with E-state index >= 15 is 0 Å². The molecule has 3 aromatic rings. The molecule has 1 atom stereocenters. The molecule has 0 bridgehead atoms. The fourth-order valence-corrected chi connectivity index (χ4v) is 5.16. The molecule has 0 amide bonds. The summed E-state index contributed by atoms with van der Waals surface area (Å²) in [7, 11) is 3.05. The van der Waals surface area contributed by atoms with E-state index in [0.29, 0.717) is 43.4 Å². The molecule has 1 unspecified atom stereocenters. The van der Waals surface area contributed by atoms with E-state index in [-0.39, 0.29) is 17.7 Å². The Labute approximate surface area is 216 Å². The summed E-state index contributed by atoms with van der Waals surface area (Å²) in [5.74, 6) is 0.276. The topological polar surface area (TPSA) is 105 Å². The summed E-state index contributed by atoms with van der Waals surface area (Å²) in [5.41, 5.74) is 1.55. The van der Waals surface area contributed by atoms with Crippen molar-refractivity contribution in [3.05, 3.63) is 84.5 Å². The molecule has 1 aliphatic heterocycles. The molecule has 0 radical (unpaired) electrons. The van der Waals surface area contributed by atoms with Crippen molar-refractivity contribution < 1.29 is 28.5 Å². The van der Waals surface area contributed by atoms with Crippen LogP contribution in [0.5, 0.6) is 17.2 Å². The van der Waals surface area contributed by atoms with Gasteiger partial charge < -0.3 is 18.9 Å². The number of carbonyl (C=O) groups excluding carboxylic acids is 2. The molecule has 10 heteroatoms. The molecule has 0 spiro atoms. The molecule has 0 saturated heterocycles. The lowest BCUT2D eigenvalue weighted by molar-refractivity contribution is -0.139. The Morgan fingerprint density at radius 1 is 1.08 bits per heavy atom. The molecular formula is C27H26N2O7S. The number of fused-ring (bicyclic) bond motifs is 1. The Bertz CT molecular complexity index is 1580. The summed E-state index contributed by atoms with van der Waals surface area (Å²) < 4.78 is 23.3. The van der Waals surface area contributed by atoms with Gasteiger partial charge in [0, 0.05) is 12.5 Å². The number of benzene rings is 2. The predicted octanol–water partition coefficient (Wildman–Crippen LogP) is 2.74. The lowest BCUT2D eigenvalue weighted by Gasteiger charge is -2.25. The van der Waals surface area contributed by atoms with Gasteiger partial charge in [-0.3, -0.25) is 14.2 Å². The number of para-hydroxylation sites is 1. The minimum absolute atomic E-state index is 0.172. The zero-order chi connectivity index (χ0) is 26.7. The number of hydrogen-bond donors (Lipinski definition) is 0. The first-order chi connectivity index (χ1) is 17.8. The van der Waals surface area contributed by atoms with Crippen LogP contribution in [-0.4, -0.2) is 37.3 Å². The maximum atomic E-state index is 13.8. The second-order valence-corrected chi connectivity index (χ2v) is 9.06. The van der Waals surface area contributed by atoms with Crippen molar-refractivity contribution in [3.63, 3.8) is 0 Å². The molecule has 0 fully saturated rings. The quantitative estimate of drug-likeness (QED) is 0.347. The summed E-state index contributed by atoms with van der Waals surface area (Å²) in [6, 6.07) is 11.3. The van der Waals surface area contributed by atoms with Gasteiger partial charge in [0.1, 0.15) is 5.75 Å². The first-order valence-electron chi connectivity index (χ1n) is 11.5. The lowest BCUT2D eigenvalue weighted by atomic mass is 9.95. The van der Waals surface area contributed by atoms with Crippen LogP contribution in [0.4, 0.5) is 0 Å². The molecule has 0 N–H and O–H groups in total. The highest BCUT2D eigenvalue weighted by atomic mass is 32.1. The van der Waals surface area contributed by atoms with Crippen molar-refractivity contribution in [1.82, 2.24) is 4.57 Å². The van der Waals surface area contributed by atoms with Crippen LogP contribution in [0.25, 0.3) is 6.08 Å². The van der Waals surface area contributed by atoms with Crippen LogP contribution in [0.15, 0.2) is 63.5 Å². The number of carbonyl (C=O) groups is 2. The lowest BCUT2D eigenvalue weighted by Crippen LogP contribution is -2.40. The predicted molar refractivity (Wildman–Crippen MR) is 138 cm³/mol. The minimum Gasteiger partial charge on any atom is -0.493 e. The standard InChI is InChI=1S/C27H26N2O7S/c1-6-35-26(32)23-15(2)28-27-29(24(23)18-11-12-20(33-4)21(13-18)34-5)25(31)22(37-27)14-17-9-7-8-10-19(17)36-16(3)30/h7-14,24H,6H2,1-5H3/b22-14+. The van der Waals surface area contributed by atoms with Crippen molar-refractivity contribution in [3.8, 4) is 17.2 Å². The molecular weight excluding hydrogens is 496 g/mol. The fraction of sp³-hybridized carbons (Fsp3) is 0.259. The number of ether oxygens (including phenoxy) is 4. The molecule has 0 aliphatic carbocycles. The highest BCUT2D eigenvalue weighted by Gasteiger charge is 2.34. The number of esters is 2. The van der Waals surface area contributed by atoms with Gasteiger partial charge in [0.15, 0.2) is 16.3 Å². The van der Waals surface area contributed by atoms with Gasteiger partial charge in [-0.25, -0.2) is 9.79 Å². The summed E-state index contributed by atoms with van der Waals surface area (Å²) in [6.45, 7) is 4.92. The minimum atomic E-state index is -0.805. The number of nitrogens with zero attached hydrogens (tertiary/aromatic N) is 2. The number of methoxy groups -OCH3 is 2. The van der Waals surface area contributed by atoms with Crippen molar-refractivity contribution in [1.29, 1.82) is 0 Å². The van der Waals surface area contributed by atoms with Gasteiger partial charge >= 0.3 is 11.9 Å². The maximum absolute atomic E-state index is 13.8. The Morgan fingerprint density at radius 3 is 2.49 bits per heavy atom. The van der Waals surface area contributed by atoms with Crippen molar-refractivity contribution >= 4 is 29.4 Å². The van der Waals surface area contributed by atoms with Crippen LogP contribution in [0.1, 0.15) is 37.9 Å². The third-order valence-corrected chi connectivity index (χ3v) is 6.68. The number of hydrogen-bond acceptors (Lipinski definition) is 9. The van der Waals surface area contributed by atoms with E-state index in [1.165, 1.54) is 37.0 Å².